The molecule has 0 amide bonds. The van der Waals surface area contributed by atoms with Gasteiger partial charge in [-0.25, -0.2) is 0 Å². The van der Waals surface area contributed by atoms with Gasteiger partial charge in [0.05, 0.1) is 5.69 Å². The SMILES string of the molecule is Cc1ccc(CNCc2ccnn2C)c(C)c1. The maximum absolute atomic E-state index is 4.15. The van der Waals surface area contributed by atoms with E-state index >= 15 is 0 Å². The fraction of sp³-hybridized carbons (Fsp3) is 0.357. The van der Waals surface area contributed by atoms with E-state index in [2.05, 4.69) is 42.5 Å². The molecule has 0 unspecified atom stereocenters. The van der Waals surface area contributed by atoms with Crippen LogP contribution in [0.3, 0.4) is 0 Å². The van der Waals surface area contributed by atoms with E-state index in [9.17, 15) is 0 Å². The molecule has 0 saturated heterocycles. The van der Waals surface area contributed by atoms with E-state index in [-0.39, 0.29) is 0 Å². The molecule has 2 aromatic rings. The van der Waals surface area contributed by atoms with Crippen LogP contribution in [0.5, 0.6) is 0 Å². The minimum Gasteiger partial charge on any atom is -0.307 e. The van der Waals surface area contributed by atoms with Crippen molar-refractivity contribution < 1.29 is 0 Å². The summed E-state index contributed by atoms with van der Waals surface area (Å²) in [6.45, 7) is 6.04. The summed E-state index contributed by atoms with van der Waals surface area (Å²) in [5.41, 5.74) is 5.23. The molecule has 17 heavy (non-hydrogen) atoms. The monoisotopic (exact) mass is 229 g/mol. The molecule has 0 saturated carbocycles. The van der Waals surface area contributed by atoms with E-state index < -0.39 is 0 Å². The minimum atomic E-state index is 0.851. The third-order valence-electron chi connectivity index (χ3n) is 3.04. The Bertz CT molecular complexity index is 500. The molecule has 1 N–H and O–H groups in total. The van der Waals surface area contributed by atoms with E-state index in [0.717, 1.165) is 13.1 Å². The number of rotatable bonds is 4. The lowest BCUT2D eigenvalue weighted by atomic mass is 10.1. The lowest BCUT2D eigenvalue weighted by molar-refractivity contribution is 0.625. The van der Waals surface area contributed by atoms with Gasteiger partial charge in [-0.05, 0) is 31.0 Å². The second-order valence-electron chi connectivity index (χ2n) is 4.48. The molecule has 0 aliphatic rings. The molecule has 1 aromatic carbocycles. The van der Waals surface area contributed by atoms with Crippen LogP contribution in [-0.2, 0) is 20.1 Å². The molecule has 1 aromatic heterocycles. The molecule has 0 radical (unpaired) electrons. The molecule has 0 bridgehead atoms. The van der Waals surface area contributed by atoms with Crippen LogP contribution in [0.1, 0.15) is 22.4 Å². The van der Waals surface area contributed by atoms with Crippen LogP contribution in [0.4, 0.5) is 0 Å². The van der Waals surface area contributed by atoms with E-state index in [1.54, 1.807) is 0 Å². The summed E-state index contributed by atoms with van der Waals surface area (Å²) in [4.78, 5) is 0. The third kappa shape index (κ3) is 2.94. The van der Waals surface area contributed by atoms with Crippen molar-refractivity contribution in [2.24, 2.45) is 7.05 Å². The number of aryl methyl sites for hydroxylation is 3. The summed E-state index contributed by atoms with van der Waals surface area (Å²) >= 11 is 0. The lowest BCUT2D eigenvalue weighted by Crippen LogP contribution is -2.15. The highest BCUT2D eigenvalue weighted by Crippen LogP contribution is 2.10. The van der Waals surface area contributed by atoms with E-state index in [1.807, 2.05) is 24.0 Å². The van der Waals surface area contributed by atoms with Crippen molar-refractivity contribution in [3.05, 3.63) is 52.8 Å². The first-order valence-corrected chi connectivity index (χ1v) is 5.90. The Morgan fingerprint density at radius 3 is 2.65 bits per heavy atom. The average molecular weight is 229 g/mol. The van der Waals surface area contributed by atoms with Crippen LogP contribution < -0.4 is 5.32 Å². The topological polar surface area (TPSA) is 29.9 Å². The molecule has 3 heteroatoms. The predicted molar refractivity (Wildman–Crippen MR) is 69.7 cm³/mol. The maximum Gasteiger partial charge on any atom is 0.0518 e. The molecular formula is C14H19N3. The summed E-state index contributed by atoms with van der Waals surface area (Å²) in [5, 5.41) is 7.59. The van der Waals surface area contributed by atoms with Crippen LogP contribution in [0.2, 0.25) is 0 Å². The van der Waals surface area contributed by atoms with Gasteiger partial charge in [0.1, 0.15) is 0 Å². The highest BCUT2D eigenvalue weighted by Gasteiger charge is 2.00. The van der Waals surface area contributed by atoms with Gasteiger partial charge in [-0.15, -0.1) is 0 Å². The first-order chi connectivity index (χ1) is 8.16. The van der Waals surface area contributed by atoms with E-state index in [4.69, 9.17) is 0 Å². The summed E-state index contributed by atoms with van der Waals surface area (Å²) in [6, 6.07) is 8.62. The molecule has 1 heterocycles. The van der Waals surface area contributed by atoms with Crippen molar-refractivity contribution in [1.82, 2.24) is 15.1 Å². The zero-order chi connectivity index (χ0) is 12.3. The highest BCUT2D eigenvalue weighted by molar-refractivity contribution is 5.30. The first kappa shape index (κ1) is 11.9. The Morgan fingerprint density at radius 2 is 2.00 bits per heavy atom. The standard InChI is InChI=1S/C14H19N3/c1-11-4-5-13(12(2)8-11)9-15-10-14-6-7-16-17(14)3/h4-8,15H,9-10H2,1-3H3. The van der Waals surface area contributed by atoms with Gasteiger partial charge in [-0.1, -0.05) is 23.8 Å². The third-order valence-corrected chi connectivity index (χ3v) is 3.04. The molecular weight excluding hydrogens is 210 g/mol. The second kappa shape index (κ2) is 5.15. The average Bonchev–Trinajstić information content (AvgIpc) is 2.68. The van der Waals surface area contributed by atoms with Gasteiger partial charge in [0.2, 0.25) is 0 Å². The highest BCUT2D eigenvalue weighted by atomic mass is 15.3. The lowest BCUT2D eigenvalue weighted by Gasteiger charge is -2.08. The van der Waals surface area contributed by atoms with Crippen LogP contribution in [0.15, 0.2) is 30.5 Å². The molecule has 0 spiro atoms. The fourth-order valence-electron chi connectivity index (χ4n) is 1.94. The summed E-state index contributed by atoms with van der Waals surface area (Å²) in [5.74, 6) is 0. The van der Waals surface area contributed by atoms with Crippen molar-refractivity contribution >= 4 is 0 Å². The summed E-state index contributed by atoms with van der Waals surface area (Å²) in [7, 11) is 1.97. The molecule has 90 valence electrons. The zero-order valence-electron chi connectivity index (χ0n) is 10.7. The molecule has 2 rings (SSSR count). The smallest absolute Gasteiger partial charge is 0.0518 e. The Kier molecular flexibility index (Phi) is 3.59. The fourth-order valence-corrected chi connectivity index (χ4v) is 1.94. The Balaban J connectivity index is 1.92. The number of nitrogens with one attached hydrogen (secondary N) is 1. The van der Waals surface area contributed by atoms with E-state index in [0.29, 0.717) is 0 Å². The number of aromatic nitrogens is 2. The van der Waals surface area contributed by atoms with Gasteiger partial charge in [-0.3, -0.25) is 4.68 Å². The van der Waals surface area contributed by atoms with Gasteiger partial charge >= 0.3 is 0 Å². The van der Waals surface area contributed by atoms with Gasteiger partial charge < -0.3 is 5.32 Å². The second-order valence-corrected chi connectivity index (χ2v) is 4.48. The maximum atomic E-state index is 4.15. The van der Waals surface area contributed by atoms with Gasteiger partial charge in [0.25, 0.3) is 0 Å². The minimum absolute atomic E-state index is 0.851. The molecule has 0 fully saturated rings. The van der Waals surface area contributed by atoms with Crippen LogP contribution in [0.25, 0.3) is 0 Å². The van der Waals surface area contributed by atoms with Crippen molar-refractivity contribution in [1.29, 1.82) is 0 Å². The van der Waals surface area contributed by atoms with Crippen molar-refractivity contribution in [3.63, 3.8) is 0 Å². The molecule has 0 aliphatic heterocycles. The van der Waals surface area contributed by atoms with Gasteiger partial charge in [0.15, 0.2) is 0 Å². The Morgan fingerprint density at radius 1 is 1.18 bits per heavy atom. The predicted octanol–water partition coefficient (Wildman–Crippen LogP) is 2.33. The summed E-state index contributed by atoms with van der Waals surface area (Å²) < 4.78 is 1.90. The molecule has 0 aliphatic carbocycles. The summed E-state index contributed by atoms with van der Waals surface area (Å²) in [6.07, 6.45) is 1.83. The first-order valence-electron chi connectivity index (χ1n) is 5.90. The molecule has 3 nitrogen and oxygen atoms in total. The van der Waals surface area contributed by atoms with Gasteiger partial charge in [-0.2, -0.15) is 5.10 Å². The molecule has 0 atom stereocenters. The number of hydrogen-bond donors (Lipinski definition) is 1. The Labute approximate surface area is 102 Å². The number of benzene rings is 1. The van der Waals surface area contributed by atoms with Crippen LogP contribution in [-0.4, -0.2) is 9.78 Å². The largest absolute Gasteiger partial charge is 0.307 e. The zero-order valence-corrected chi connectivity index (χ0v) is 10.7. The Hall–Kier alpha value is -1.61. The van der Waals surface area contributed by atoms with Crippen molar-refractivity contribution in [2.75, 3.05) is 0 Å². The van der Waals surface area contributed by atoms with Crippen LogP contribution >= 0.6 is 0 Å². The van der Waals surface area contributed by atoms with E-state index in [1.165, 1.54) is 22.4 Å². The van der Waals surface area contributed by atoms with Crippen molar-refractivity contribution in [3.8, 4) is 0 Å². The quantitative estimate of drug-likeness (QED) is 0.872. The number of nitrogens with zero attached hydrogens (tertiary/aromatic N) is 2. The number of hydrogen-bond acceptors (Lipinski definition) is 2. The normalized spacial score (nSPS) is 10.8. The van der Waals surface area contributed by atoms with Gasteiger partial charge in [0, 0.05) is 26.3 Å². The van der Waals surface area contributed by atoms with Crippen molar-refractivity contribution in [2.45, 2.75) is 26.9 Å². The van der Waals surface area contributed by atoms with Crippen LogP contribution in [0, 0.1) is 13.8 Å².